The molecule has 1 saturated carbocycles. The molecule has 1 aliphatic rings. The first-order valence-electron chi connectivity index (χ1n) is 13.9. The number of ether oxygens (including phenoxy) is 1. The SMILES string of the molecule is CCCCCCCCCCCCCC=C1CCC(OCCOP(=O)(O)OCC[N+](C)(C)C)CC1. The second-order valence-corrected chi connectivity index (χ2v) is 12.4. The highest BCUT2D eigenvalue weighted by molar-refractivity contribution is 7.47. The summed E-state index contributed by atoms with van der Waals surface area (Å²) in [6, 6.07) is 0. The van der Waals surface area contributed by atoms with Gasteiger partial charge in [-0.1, -0.05) is 82.8 Å². The first kappa shape index (κ1) is 31.8. The molecule has 1 N–H and O–H groups in total. The first-order valence-corrected chi connectivity index (χ1v) is 15.4. The van der Waals surface area contributed by atoms with Gasteiger partial charge in [0.15, 0.2) is 0 Å². The summed E-state index contributed by atoms with van der Waals surface area (Å²) in [6.07, 6.45) is 23.5. The number of likely N-dealkylation sites (N-methyl/N-ethyl adjacent to an activating group) is 1. The van der Waals surface area contributed by atoms with E-state index in [1.807, 2.05) is 21.1 Å². The van der Waals surface area contributed by atoms with Crippen molar-refractivity contribution in [1.82, 2.24) is 0 Å². The molecule has 0 amide bonds. The minimum Gasteiger partial charge on any atom is -0.376 e. The molecule has 1 fully saturated rings. The fourth-order valence-corrected chi connectivity index (χ4v) is 4.97. The maximum Gasteiger partial charge on any atom is 0.472 e. The maximum absolute atomic E-state index is 11.9. The normalized spacial score (nSPS) is 18.7. The van der Waals surface area contributed by atoms with Gasteiger partial charge in [-0.2, -0.15) is 0 Å². The lowest BCUT2D eigenvalue weighted by Crippen LogP contribution is -2.37. The number of hydrogen-bond donors (Lipinski definition) is 1. The van der Waals surface area contributed by atoms with Gasteiger partial charge in [0.25, 0.3) is 0 Å². The van der Waals surface area contributed by atoms with Crippen molar-refractivity contribution in [3.05, 3.63) is 11.6 Å². The fraction of sp³-hybridized carbons (Fsp3) is 0.926. The van der Waals surface area contributed by atoms with E-state index in [0.717, 1.165) is 25.7 Å². The van der Waals surface area contributed by atoms with Gasteiger partial charge in [0.2, 0.25) is 0 Å². The molecular formula is C27H55NO5P+. The second kappa shape index (κ2) is 19.0. The van der Waals surface area contributed by atoms with Gasteiger partial charge in [0, 0.05) is 0 Å². The van der Waals surface area contributed by atoms with Crippen molar-refractivity contribution < 1.29 is 27.7 Å². The van der Waals surface area contributed by atoms with Crippen LogP contribution in [0.4, 0.5) is 0 Å². The van der Waals surface area contributed by atoms with Gasteiger partial charge in [-0.05, 0) is 38.5 Å². The summed E-state index contributed by atoms with van der Waals surface area (Å²) < 4.78 is 28.5. The third-order valence-electron chi connectivity index (χ3n) is 6.52. The second-order valence-electron chi connectivity index (χ2n) is 10.9. The molecule has 202 valence electrons. The summed E-state index contributed by atoms with van der Waals surface area (Å²) in [5.74, 6) is 0. The van der Waals surface area contributed by atoms with Gasteiger partial charge < -0.3 is 14.1 Å². The van der Waals surface area contributed by atoms with Crippen LogP contribution in [0.1, 0.15) is 110 Å². The third kappa shape index (κ3) is 19.0. The largest absolute Gasteiger partial charge is 0.472 e. The zero-order chi connectivity index (χ0) is 25.1. The van der Waals surface area contributed by atoms with Crippen LogP contribution in [-0.2, 0) is 18.3 Å². The number of hydrogen-bond acceptors (Lipinski definition) is 4. The average Bonchev–Trinajstić information content (AvgIpc) is 2.77. The summed E-state index contributed by atoms with van der Waals surface area (Å²) in [4.78, 5) is 9.73. The van der Waals surface area contributed by atoms with Crippen LogP contribution < -0.4 is 0 Å². The van der Waals surface area contributed by atoms with Crippen LogP contribution in [0.3, 0.4) is 0 Å². The van der Waals surface area contributed by atoms with Gasteiger partial charge >= 0.3 is 7.82 Å². The summed E-state index contributed by atoms with van der Waals surface area (Å²) >= 11 is 0. The van der Waals surface area contributed by atoms with Crippen LogP contribution in [0.25, 0.3) is 0 Å². The molecule has 0 bridgehead atoms. The van der Waals surface area contributed by atoms with Gasteiger partial charge in [-0.15, -0.1) is 0 Å². The fourth-order valence-electron chi connectivity index (χ4n) is 4.28. The molecule has 0 aromatic rings. The zero-order valence-corrected chi connectivity index (χ0v) is 23.7. The van der Waals surface area contributed by atoms with E-state index >= 15 is 0 Å². The lowest BCUT2D eigenvalue weighted by atomic mass is 9.91. The number of quaternary nitrogens is 1. The molecule has 0 heterocycles. The Morgan fingerprint density at radius 2 is 1.38 bits per heavy atom. The molecular weight excluding hydrogens is 449 g/mol. The molecule has 1 atom stereocenters. The Hall–Kier alpha value is -0.230. The van der Waals surface area contributed by atoms with Crippen LogP contribution in [0.15, 0.2) is 11.6 Å². The Morgan fingerprint density at radius 1 is 0.853 bits per heavy atom. The molecule has 1 rings (SSSR count). The van der Waals surface area contributed by atoms with E-state index in [1.165, 1.54) is 77.0 Å². The Bertz CT molecular complexity index is 566. The maximum atomic E-state index is 11.9. The quantitative estimate of drug-likeness (QED) is 0.0763. The number of phosphoric ester groups is 1. The minimum atomic E-state index is -3.99. The van der Waals surface area contributed by atoms with E-state index in [1.54, 1.807) is 5.57 Å². The monoisotopic (exact) mass is 504 g/mol. The molecule has 34 heavy (non-hydrogen) atoms. The lowest BCUT2D eigenvalue weighted by molar-refractivity contribution is -0.870. The molecule has 1 unspecified atom stereocenters. The van der Waals surface area contributed by atoms with Crippen LogP contribution in [0, 0.1) is 0 Å². The van der Waals surface area contributed by atoms with Crippen LogP contribution in [0.2, 0.25) is 0 Å². The van der Waals surface area contributed by atoms with Crippen molar-refractivity contribution >= 4 is 7.82 Å². The van der Waals surface area contributed by atoms with E-state index in [-0.39, 0.29) is 19.3 Å². The summed E-state index contributed by atoms with van der Waals surface area (Å²) in [7, 11) is 2.02. The summed E-state index contributed by atoms with van der Waals surface area (Å²) in [6.45, 7) is 3.51. The third-order valence-corrected chi connectivity index (χ3v) is 7.54. The number of nitrogens with zero attached hydrogens (tertiary/aromatic N) is 1. The minimum absolute atomic E-state index is 0.0796. The highest BCUT2D eigenvalue weighted by atomic mass is 31.2. The molecule has 0 radical (unpaired) electrons. The van der Waals surface area contributed by atoms with E-state index in [4.69, 9.17) is 13.8 Å². The van der Waals surface area contributed by atoms with Crippen molar-refractivity contribution in [3.63, 3.8) is 0 Å². The van der Waals surface area contributed by atoms with Crippen molar-refractivity contribution in [3.8, 4) is 0 Å². The van der Waals surface area contributed by atoms with Crippen molar-refractivity contribution in [2.45, 2.75) is 116 Å². The average molecular weight is 505 g/mol. The summed E-state index contributed by atoms with van der Waals surface area (Å²) in [5, 5.41) is 0. The van der Waals surface area contributed by atoms with Gasteiger partial charge in [0.1, 0.15) is 13.2 Å². The number of phosphoric acid groups is 1. The van der Waals surface area contributed by atoms with Crippen molar-refractivity contribution in [2.75, 3.05) is 47.5 Å². The summed E-state index contributed by atoms with van der Waals surface area (Å²) in [5.41, 5.74) is 1.58. The molecule has 0 aromatic heterocycles. The number of unbranched alkanes of at least 4 members (excludes halogenated alkanes) is 11. The molecule has 0 saturated heterocycles. The molecule has 0 spiro atoms. The van der Waals surface area contributed by atoms with E-state index in [9.17, 15) is 9.46 Å². The van der Waals surface area contributed by atoms with Gasteiger partial charge in [-0.25, -0.2) is 4.57 Å². The smallest absolute Gasteiger partial charge is 0.376 e. The Kier molecular flexibility index (Phi) is 17.7. The van der Waals surface area contributed by atoms with Crippen LogP contribution in [-0.4, -0.2) is 63.0 Å². The standard InChI is InChI=1S/C27H54NO5P/c1-5-6-7-8-9-10-11-12-13-14-15-16-17-26-18-20-27(21-19-26)31-24-25-33-34(29,30)32-23-22-28(2,3)4/h17,27H,5-16,18-25H2,1-4H3/p+1. The molecule has 0 aliphatic heterocycles. The van der Waals surface area contributed by atoms with E-state index in [0.29, 0.717) is 17.6 Å². The molecule has 1 aliphatic carbocycles. The van der Waals surface area contributed by atoms with Crippen molar-refractivity contribution in [2.24, 2.45) is 0 Å². The van der Waals surface area contributed by atoms with Gasteiger partial charge in [0.05, 0.1) is 40.5 Å². The predicted molar refractivity (Wildman–Crippen MR) is 142 cm³/mol. The van der Waals surface area contributed by atoms with Crippen LogP contribution in [0.5, 0.6) is 0 Å². The van der Waals surface area contributed by atoms with E-state index < -0.39 is 7.82 Å². The zero-order valence-electron chi connectivity index (χ0n) is 22.8. The highest BCUT2D eigenvalue weighted by Crippen LogP contribution is 2.42. The Balaban J connectivity index is 1.97. The number of rotatable bonds is 21. The lowest BCUT2D eigenvalue weighted by Gasteiger charge is -2.25. The Labute approximate surface area is 210 Å². The molecule has 0 aromatic carbocycles. The highest BCUT2D eigenvalue weighted by Gasteiger charge is 2.23. The Morgan fingerprint density at radius 3 is 1.94 bits per heavy atom. The first-order chi connectivity index (χ1) is 16.2. The predicted octanol–water partition coefficient (Wildman–Crippen LogP) is 7.41. The number of allylic oxidation sites excluding steroid dienone is 2. The van der Waals surface area contributed by atoms with Crippen LogP contribution >= 0.6 is 7.82 Å². The van der Waals surface area contributed by atoms with Crippen molar-refractivity contribution in [1.29, 1.82) is 0 Å². The topological polar surface area (TPSA) is 65.0 Å². The molecule has 7 heteroatoms. The molecule has 6 nitrogen and oxygen atoms in total. The van der Waals surface area contributed by atoms with Gasteiger partial charge in [-0.3, -0.25) is 9.05 Å². The van der Waals surface area contributed by atoms with E-state index in [2.05, 4.69) is 13.0 Å².